The first-order chi connectivity index (χ1) is 10.5. The van der Waals surface area contributed by atoms with Gasteiger partial charge in [0.05, 0.1) is 5.56 Å². The van der Waals surface area contributed by atoms with E-state index >= 15 is 0 Å². The number of thiophene rings is 1. The number of carbonyl (C=O) groups excluding carboxylic acids is 2. The fourth-order valence-electron chi connectivity index (χ4n) is 3.75. The molecule has 3 rings (SSSR count). The van der Waals surface area contributed by atoms with E-state index in [0.29, 0.717) is 28.8 Å². The van der Waals surface area contributed by atoms with E-state index in [1.807, 2.05) is 0 Å². The number of nitrogens with two attached hydrogens (primary N) is 1. The fraction of sp³-hybridized carbons (Fsp3) is 0.647. The zero-order valence-corrected chi connectivity index (χ0v) is 13.9. The van der Waals surface area contributed by atoms with Crippen molar-refractivity contribution in [3.05, 3.63) is 16.0 Å². The lowest BCUT2D eigenvalue weighted by atomic mass is 9.88. The van der Waals surface area contributed by atoms with Crippen LogP contribution in [0.1, 0.15) is 66.2 Å². The van der Waals surface area contributed by atoms with Gasteiger partial charge in [-0.05, 0) is 49.5 Å². The molecular formula is C17H24N2O2S. The van der Waals surface area contributed by atoms with Crippen LogP contribution in [0, 0.1) is 11.8 Å². The van der Waals surface area contributed by atoms with Gasteiger partial charge in [0.2, 0.25) is 5.91 Å². The minimum Gasteiger partial charge on any atom is -0.365 e. The van der Waals surface area contributed by atoms with Gasteiger partial charge in [-0.2, -0.15) is 0 Å². The van der Waals surface area contributed by atoms with Crippen molar-refractivity contribution in [1.82, 2.24) is 0 Å². The van der Waals surface area contributed by atoms with Crippen molar-refractivity contribution in [2.45, 2.75) is 58.3 Å². The Morgan fingerprint density at radius 3 is 2.68 bits per heavy atom. The zero-order chi connectivity index (χ0) is 15.7. The summed E-state index contributed by atoms with van der Waals surface area (Å²) in [5.41, 5.74) is 7.21. The van der Waals surface area contributed by atoms with Crippen LogP contribution in [0.3, 0.4) is 0 Å². The number of hydrogen-bond donors (Lipinski definition) is 2. The first-order valence-electron chi connectivity index (χ1n) is 8.28. The largest absolute Gasteiger partial charge is 0.365 e. The second kappa shape index (κ2) is 6.41. The topological polar surface area (TPSA) is 72.2 Å². The summed E-state index contributed by atoms with van der Waals surface area (Å²) in [5.74, 6) is 0.754. The number of nitrogens with one attached hydrogen (secondary N) is 1. The molecule has 1 unspecified atom stereocenters. The Kier molecular flexibility index (Phi) is 4.52. The molecule has 0 saturated heterocycles. The molecule has 4 nitrogen and oxygen atoms in total. The molecule has 1 atom stereocenters. The third-order valence-electron chi connectivity index (χ3n) is 4.96. The van der Waals surface area contributed by atoms with Crippen LogP contribution in [0.25, 0.3) is 0 Å². The van der Waals surface area contributed by atoms with E-state index < -0.39 is 5.91 Å². The van der Waals surface area contributed by atoms with Crippen LogP contribution < -0.4 is 11.1 Å². The summed E-state index contributed by atoms with van der Waals surface area (Å²) < 4.78 is 0. The summed E-state index contributed by atoms with van der Waals surface area (Å²) >= 11 is 1.55. The Hall–Kier alpha value is -1.36. The second-order valence-corrected chi connectivity index (χ2v) is 7.93. The maximum absolute atomic E-state index is 12.3. The summed E-state index contributed by atoms with van der Waals surface area (Å²) in [5, 5.41) is 3.65. The van der Waals surface area contributed by atoms with Gasteiger partial charge in [-0.1, -0.05) is 19.8 Å². The zero-order valence-electron chi connectivity index (χ0n) is 13.1. The van der Waals surface area contributed by atoms with Crippen LogP contribution in [0.5, 0.6) is 0 Å². The van der Waals surface area contributed by atoms with E-state index in [0.717, 1.165) is 37.7 Å². The van der Waals surface area contributed by atoms with Crippen molar-refractivity contribution in [2.75, 3.05) is 5.32 Å². The molecular weight excluding hydrogens is 296 g/mol. The number of amides is 2. The number of rotatable bonds is 4. The minimum atomic E-state index is -0.414. The van der Waals surface area contributed by atoms with E-state index in [1.54, 1.807) is 11.3 Å². The summed E-state index contributed by atoms with van der Waals surface area (Å²) in [6, 6.07) is 0. The molecule has 3 N–H and O–H groups in total. The highest BCUT2D eigenvalue weighted by Gasteiger charge is 2.27. The molecule has 0 radical (unpaired) electrons. The highest BCUT2D eigenvalue weighted by molar-refractivity contribution is 7.17. The number of fused-ring (bicyclic) bond motifs is 1. The number of primary amides is 1. The van der Waals surface area contributed by atoms with Gasteiger partial charge in [0.1, 0.15) is 5.00 Å². The SMILES string of the molecule is CC1CCc2c(sc(NC(=O)CC3CCCC3)c2C(N)=O)C1. The molecule has 120 valence electrons. The van der Waals surface area contributed by atoms with Gasteiger partial charge in [-0.15, -0.1) is 11.3 Å². The molecule has 1 fully saturated rings. The molecule has 2 aliphatic rings. The monoisotopic (exact) mass is 320 g/mol. The Morgan fingerprint density at radius 1 is 1.27 bits per heavy atom. The van der Waals surface area contributed by atoms with E-state index in [2.05, 4.69) is 12.2 Å². The number of carbonyl (C=O) groups is 2. The van der Waals surface area contributed by atoms with Gasteiger partial charge in [0.15, 0.2) is 0 Å². The van der Waals surface area contributed by atoms with Gasteiger partial charge >= 0.3 is 0 Å². The molecule has 1 aromatic rings. The van der Waals surface area contributed by atoms with Crippen molar-refractivity contribution in [2.24, 2.45) is 17.6 Å². The van der Waals surface area contributed by atoms with Crippen LogP contribution in [0.15, 0.2) is 0 Å². The predicted molar refractivity (Wildman–Crippen MR) is 89.2 cm³/mol. The third kappa shape index (κ3) is 3.19. The second-order valence-electron chi connectivity index (χ2n) is 6.82. The van der Waals surface area contributed by atoms with Crippen molar-refractivity contribution in [1.29, 1.82) is 0 Å². The lowest BCUT2D eigenvalue weighted by Crippen LogP contribution is -2.20. The highest BCUT2D eigenvalue weighted by Crippen LogP contribution is 2.39. The molecule has 5 heteroatoms. The van der Waals surface area contributed by atoms with Crippen molar-refractivity contribution in [3.63, 3.8) is 0 Å². The summed E-state index contributed by atoms with van der Waals surface area (Å²) in [4.78, 5) is 25.3. The standard InChI is InChI=1S/C17H24N2O2S/c1-10-6-7-12-13(8-10)22-17(15(12)16(18)21)19-14(20)9-11-4-2-3-5-11/h10-11H,2-9H2,1H3,(H2,18,21)(H,19,20). The number of hydrogen-bond acceptors (Lipinski definition) is 3. The van der Waals surface area contributed by atoms with Crippen LogP contribution >= 0.6 is 11.3 Å². The molecule has 1 saturated carbocycles. The van der Waals surface area contributed by atoms with Crippen LogP contribution in [0.2, 0.25) is 0 Å². The summed E-state index contributed by atoms with van der Waals surface area (Å²) in [6.45, 7) is 2.23. The molecule has 0 aliphatic heterocycles. The van der Waals surface area contributed by atoms with Crippen molar-refractivity contribution in [3.8, 4) is 0 Å². The smallest absolute Gasteiger partial charge is 0.251 e. The van der Waals surface area contributed by atoms with E-state index in [1.165, 1.54) is 17.7 Å². The average molecular weight is 320 g/mol. The Balaban J connectivity index is 1.77. The lowest BCUT2D eigenvalue weighted by molar-refractivity contribution is -0.117. The van der Waals surface area contributed by atoms with Crippen molar-refractivity contribution < 1.29 is 9.59 Å². The minimum absolute atomic E-state index is 0.0287. The van der Waals surface area contributed by atoms with Gasteiger partial charge in [0.25, 0.3) is 5.91 Å². The molecule has 2 aliphatic carbocycles. The highest BCUT2D eigenvalue weighted by atomic mass is 32.1. The molecule has 0 bridgehead atoms. The quantitative estimate of drug-likeness (QED) is 0.891. The van der Waals surface area contributed by atoms with Crippen LogP contribution in [-0.2, 0) is 17.6 Å². The molecule has 1 aromatic heterocycles. The average Bonchev–Trinajstić information content (AvgIpc) is 3.04. The van der Waals surface area contributed by atoms with Crippen LogP contribution in [0.4, 0.5) is 5.00 Å². The van der Waals surface area contributed by atoms with Gasteiger partial charge in [-0.3, -0.25) is 9.59 Å². The Labute approximate surface area is 135 Å². The molecule has 0 spiro atoms. The predicted octanol–water partition coefficient (Wildman–Crippen LogP) is 3.49. The molecule has 22 heavy (non-hydrogen) atoms. The molecule has 2 amide bonds. The maximum Gasteiger partial charge on any atom is 0.251 e. The first kappa shape index (κ1) is 15.5. The lowest BCUT2D eigenvalue weighted by Gasteiger charge is -2.18. The van der Waals surface area contributed by atoms with E-state index in [-0.39, 0.29) is 5.91 Å². The van der Waals surface area contributed by atoms with E-state index in [4.69, 9.17) is 5.73 Å². The van der Waals surface area contributed by atoms with Gasteiger partial charge in [0, 0.05) is 11.3 Å². The number of anilines is 1. The summed E-state index contributed by atoms with van der Waals surface area (Å²) in [7, 11) is 0. The normalized spacial score (nSPS) is 21.6. The molecule has 1 heterocycles. The van der Waals surface area contributed by atoms with Crippen LogP contribution in [-0.4, -0.2) is 11.8 Å². The van der Waals surface area contributed by atoms with Gasteiger partial charge in [-0.25, -0.2) is 0 Å². The third-order valence-corrected chi connectivity index (χ3v) is 6.13. The Morgan fingerprint density at radius 2 is 2.00 bits per heavy atom. The fourth-order valence-corrected chi connectivity index (χ4v) is 5.19. The van der Waals surface area contributed by atoms with Gasteiger partial charge < -0.3 is 11.1 Å². The van der Waals surface area contributed by atoms with E-state index in [9.17, 15) is 9.59 Å². The van der Waals surface area contributed by atoms with Crippen molar-refractivity contribution >= 4 is 28.2 Å². The molecule has 0 aromatic carbocycles. The maximum atomic E-state index is 12.3. The Bertz CT molecular complexity index is 588. The first-order valence-corrected chi connectivity index (χ1v) is 9.10. The summed E-state index contributed by atoms with van der Waals surface area (Å²) in [6.07, 6.45) is 8.29.